The molecular weight excluding hydrogens is 409 g/mol. The molecule has 1 saturated heterocycles. The highest BCUT2D eigenvalue weighted by Crippen LogP contribution is 2.30. The number of nitrogens with one attached hydrogen (secondary N) is 3. The smallest absolute Gasteiger partial charge is 0.223 e. The van der Waals surface area contributed by atoms with E-state index >= 15 is 0 Å². The van der Waals surface area contributed by atoms with Gasteiger partial charge in [-0.25, -0.2) is 19.3 Å². The van der Waals surface area contributed by atoms with Crippen LogP contribution in [0.25, 0.3) is 11.5 Å². The summed E-state index contributed by atoms with van der Waals surface area (Å²) < 4.78 is 13.5. The second-order valence-electron chi connectivity index (χ2n) is 8.37. The van der Waals surface area contributed by atoms with Crippen molar-refractivity contribution < 1.29 is 4.39 Å². The molecular formula is C22H22FN9. The van der Waals surface area contributed by atoms with Crippen LogP contribution in [-0.2, 0) is 12.8 Å². The third-order valence-electron chi connectivity index (χ3n) is 6.28. The van der Waals surface area contributed by atoms with Crippen LogP contribution in [0.2, 0.25) is 0 Å². The fourth-order valence-electron chi connectivity index (χ4n) is 4.66. The Balaban J connectivity index is 1.14. The summed E-state index contributed by atoms with van der Waals surface area (Å²) in [6, 6.07) is 6.98. The SMILES string of the molecule is Fc1ccc2c(c1)CC(Nc1nccc(-c3ncc(N4CCC(c5cn[nH]n5)C4)[nH]3)n1)C2. The summed E-state index contributed by atoms with van der Waals surface area (Å²) >= 11 is 0. The number of hydrogen-bond donors (Lipinski definition) is 3. The van der Waals surface area contributed by atoms with Crippen LogP contribution in [0, 0.1) is 5.82 Å². The second kappa shape index (κ2) is 7.70. The number of rotatable bonds is 5. The van der Waals surface area contributed by atoms with Gasteiger partial charge in [-0.1, -0.05) is 6.07 Å². The van der Waals surface area contributed by atoms with Crippen molar-refractivity contribution >= 4 is 11.8 Å². The molecule has 162 valence electrons. The molecule has 0 radical (unpaired) electrons. The van der Waals surface area contributed by atoms with Crippen molar-refractivity contribution in [2.75, 3.05) is 23.3 Å². The lowest BCUT2D eigenvalue weighted by Crippen LogP contribution is -2.21. The topological polar surface area (TPSA) is 111 Å². The number of anilines is 2. The first kappa shape index (κ1) is 18.9. The Labute approximate surface area is 183 Å². The van der Waals surface area contributed by atoms with Crippen LogP contribution < -0.4 is 10.2 Å². The lowest BCUT2D eigenvalue weighted by Gasteiger charge is -2.15. The van der Waals surface area contributed by atoms with E-state index in [1.54, 1.807) is 18.5 Å². The molecule has 1 aliphatic carbocycles. The highest BCUT2D eigenvalue weighted by molar-refractivity contribution is 5.56. The number of aromatic nitrogens is 7. The van der Waals surface area contributed by atoms with Crippen molar-refractivity contribution in [1.29, 1.82) is 0 Å². The summed E-state index contributed by atoms with van der Waals surface area (Å²) in [5, 5.41) is 14.2. The minimum atomic E-state index is -0.193. The monoisotopic (exact) mass is 431 g/mol. The van der Waals surface area contributed by atoms with Crippen LogP contribution in [-0.4, -0.2) is 54.5 Å². The summed E-state index contributed by atoms with van der Waals surface area (Å²) in [6.07, 6.45) is 7.98. The highest BCUT2D eigenvalue weighted by atomic mass is 19.1. The van der Waals surface area contributed by atoms with Crippen LogP contribution in [0.3, 0.4) is 0 Å². The van der Waals surface area contributed by atoms with E-state index in [1.807, 2.05) is 18.3 Å². The second-order valence-corrected chi connectivity index (χ2v) is 8.37. The predicted molar refractivity (Wildman–Crippen MR) is 117 cm³/mol. The van der Waals surface area contributed by atoms with E-state index < -0.39 is 0 Å². The quantitative estimate of drug-likeness (QED) is 0.445. The van der Waals surface area contributed by atoms with Crippen molar-refractivity contribution in [3.8, 4) is 11.5 Å². The molecule has 1 aromatic carbocycles. The zero-order valence-corrected chi connectivity index (χ0v) is 17.3. The first-order valence-corrected chi connectivity index (χ1v) is 10.7. The number of aromatic amines is 2. The first-order valence-electron chi connectivity index (χ1n) is 10.7. The molecule has 1 fully saturated rings. The van der Waals surface area contributed by atoms with E-state index in [4.69, 9.17) is 0 Å². The Hall–Kier alpha value is -3.82. The molecule has 2 aliphatic rings. The predicted octanol–water partition coefficient (Wildman–Crippen LogP) is 2.70. The Morgan fingerprint density at radius 1 is 1.09 bits per heavy atom. The summed E-state index contributed by atoms with van der Waals surface area (Å²) in [5.41, 5.74) is 3.94. The van der Waals surface area contributed by atoms with Gasteiger partial charge in [0.2, 0.25) is 5.95 Å². The van der Waals surface area contributed by atoms with Crippen LogP contribution >= 0.6 is 0 Å². The Morgan fingerprint density at radius 3 is 2.94 bits per heavy atom. The lowest BCUT2D eigenvalue weighted by molar-refractivity contribution is 0.625. The van der Waals surface area contributed by atoms with E-state index in [9.17, 15) is 4.39 Å². The van der Waals surface area contributed by atoms with Gasteiger partial charge in [-0.05, 0) is 48.6 Å². The van der Waals surface area contributed by atoms with Crippen molar-refractivity contribution in [2.45, 2.75) is 31.2 Å². The zero-order chi connectivity index (χ0) is 21.5. The molecule has 10 heteroatoms. The normalized spacial score (nSPS) is 20.0. The number of nitrogens with zero attached hydrogens (tertiary/aromatic N) is 6. The number of halogens is 1. The molecule has 0 spiro atoms. The first-order chi connectivity index (χ1) is 15.7. The molecule has 4 heterocycles. The fraction of sp³-hybridized carbons (Fsp3) is 0.318. The Bertz CT molecular complexity index is 1240. The van der Waals surface area contributed by atoms with Crippen molar-refractivity contribution in [3.63, 3.8) is 0 Å². The molecule has 2 unspecified atom stereocenters. The molecule has 0 bridgehead atoms. The zero-order valence-electron chi connectivity index (χ0n) is 17.3. The third kappa shape index (κ3) is 3.57. The highest BCUT2D eigenvalue weighted by Gasteiger charge is 2.27. The molecule has 9 nitrogen and oxygen atoms in total. The molecule has 6 rings (SSSR count). The summed E-state index contributed by atoms with van der Waals surface area (Å²) in [7, 11) is 0. The average molecular weight is 431 g/mol. The van der Waals surface area contributed by atoms with Crippen molar-refractivity contribution in [2.24, 2.45) is 0 Å². The molecule has 2 atom stereocenters. The maximum atomic E-state index is 13.5. The van der Waals surface area contributed by atoms with Crippen molar-refractivity contribution in [3.05, 3.63) is 65.5 Å². The minimum Gasteiger partial charge on any atom is -0.356 e. The maximum absolute atomic E-state index is 13.5. The number of benzene rings is 1. The summed E-state index contributed by atoms with van der Waals surface area (Å²) in [4.78, 5) is 19.2. The fourth-order valence-corrected chi connectivity index (χ4v) is 4.66. The summed E-state index contributed by atoms with van der Waals surface area (Å²) in [6.45, 7) is 1.80. The van der Waals surface area contributed by atoms with Crippen molar-refractivity contribution in [1.82, 2.24) is 35.3 Å². The van der Waals surface area contributed by atoms with Crippen LogP contribution in [0.15, 0.2) is 42.9 Å². The van der Waals surface area contributed by atoms with Crippen LogP contribution in [0.4, 0.5) is 16.2 Å². The Kier molecular flexibility index (Phi) is 4.55. The van der Waals surface area contributed by atoms with Gasteiger partial charge in [0, 0.05) is 31.2 Å². The standard InChI is InChI=1S/C22H22FN9/c23-16-2-1-13-8-17(9-15(13)7-16)27-22-24-5-3-18(28-22)21-25-11-20(29-21)32-6-4-14(12-32)19-10-26-31-30-19/h1-3,5,7,10-11,14,17H,4,6,8-9,12H2,(H,25,29)(H,24,27,28)(H,26,30,31). The third-order valence-corrected chi connectivity index (χ3v) is 6.28. The number of H-pyrrole nitrogens is 2. The number of hydrogen-bond acceptors (Lipinski definition) is 7. The van der Waals surface area contributed by atoms with Gasteiger partial charge in [0.05, 0.1) is 18.1 Å². The lowest BCUT2D eigenvalue weighted by atomic mass is 10.1. The van der Waals surface area contributed by atoms with E-state index in [0.717, 1.165) is 55.1 Å². The maximum Gasteiger partial charge on any atom is 0.223 e. The molecule has 0 saturated carbocycles. The van der Waals surface area contributed by atoms with E-state index in [2.05, 4.69) is 45.6 Å². The van der Waals surface area contributed by atoms with E-state index in [-0.39, 0.29) is 11.9 Å². The molecule has 0 amide bonds. The van der Waals surface area contributed by atoms with Gasteiger partial charge in [-0.3, -0.25) is 0 Å². The number of imidazole rings is 1. The van der Waals surface area contributed by atoms with Gasteiger partial charge in [0.15, 0.2) is 5.82 Å². The van der Waals surface area contributed by atoms with Gasteiger partial charge in [0.25, 0.3) is 0 Å². The summed E-state index contributed by atoms with van der Waals surface area (Å²) in [5.74, 6) is 2.38. The minimum absolute atomic E-state index is 0.146. The van der Waals surface area contributed by atoms with Gasteiger partial charge in [0.1, 0.15) is 17.3 Å². The van der Waals surface area contributed by atoms with Gasteiger partial charge in [-0.2, -0.15) is 15.4 Å². The number of fused-ring (bicyclic) bond motifs is 1. The molecule has 1 aliphatic heterocycles. The van der Waals surface area contributed by atoms with E-state index in [1.165, 1.54) is 11.6 Å². The van der Waals surface area contributed by atoms with Crippen LogP contribution in [0.1, 0.15) is 29.2 Å². The van der Waals surface area contributed by atoms with Gasteiger partial charge < -0.3 is 15.2 Å². The van der Waals surface area contributed by atoms with E-state index in [0.29, 0.717) is 17.7 Å². The molecule has 4 aromatic rings. The molecule has 3 aromatic heterocycles. The Morgan fingerprint density at radius 2 is 2.03 bits per heavy atom. The average Bonchev–Trinajstić information content (AvgIpc) is 3.59. The van der Waals surface area contributed by atoms with Gasteiger partial charge >= 0.3 is 0 Å². The molecule has 3 N–H and O–H groups in total. The largest absolute Gasteiger partial charge is 0.356 e. The van der Waals surface area contributed by atoms with Gasteiger partial charge in [-0.15, -0.1) is 0 Å². The van der Waals surface area contributed by atoms with Crippen LogP contribution in [0.5, 0.6) is 0 Å². The molecule has 32 heavy (non-hydrogen) atoms.